The Morgan fingerprint density at radius 1 is 1.26 bits per heavy atom. The van der Waals surface area contributed by atoms with Crippen LogP contribution < -0.4 is 5.32 Å². The molecule has 1 fully saturated rings. The van der Waals surface area contributed by atoms with Crippen molar-refractivity contribution in [3.05, 3.63) is 48.3 Å². The SMILES string of the molecule is CN(C)C(=O)NCC(=O)N1CCC[C@@H](c2nccn2Cc2ccccn2)C1. The van der Waals surface area contributed by atoms with E-state index < -0.39 is 0 Å². The van der Waals surface area contributed by atoms with Gasteiger partial charge in [-0.2, -0.15) is 0 Å². The molecule has 8 heteroatoms. The predicted molar refractivity (Wildman–Crippen MR) is 101 cm³/mol. The lowest BCUT2D eigenvalue weighted by Crippen LogP contribution is -2.46. The third-order valence-corrected chi connectivity index (χ3v) is 4.74. The van der Waals surface area contributed by atoms with Crippen LogP contribution in [0.2, 0.25) is 0 Å². The zero-order valence-electron chi connectivity index (χ0n) is 15.8. The molecular weight excluding hydrogens is 344 g/mol. The number of aromatic nitrogens is 3. The van der Waals surface area contributed by atoms with E-state index in [4.69, 9.17) is 0 Å². The molecule has 0 bridgehead atoms. The molecular formula is C19H26N6O2. The number of imidazole rings is 1. The summed E-state index contributed by atoms with van der Waals surface area (Å²) in [5.41, 5.74) is 0.979. The third-order valence-electron chi connectivity index (χ3n) is 4.74. The first-order valence-electron chi connectivity index (χ1n) is 9.18. The van der Waals surface area contributed by atoms with Gasteiger partial charge in [0.25, 0.3) is 0 Å². The summed E-state index contributed by atoms with van der Waals surface area (Å²) < 4.78 is 2.11. The Labute approximate surface area is 159 Å². The topological polar surface area (TPSA) is 83.4 Å². The van der Waals surface area contributed by atoms with Gasteiger partial charge in [0.2, 0.25) is 5.91 Å². The summed E-state index contributed by atoms with van der Waals surface area (Å²) in [5.74, 6) is 1.11. The average molecular weight is 370 g/mol. The quantitative estimate of drug-likeness (QED) is 0.860. The summed E-state index contributed by atoms with van der Waals surface area (Å²) in [4.78, 5) is 36.3. The van der Waals surface area contributed by atoms with E-state index in [0.717, 1.165) is 24.4 Å². The minimum Gasteiger partial charge on any atom is -0.340 e. The number of amides is 3. The first-order valence-corrected chi connectivity index (χ1v) is 9.18. The molecule has 1 N–H and O–H groups in total. The van der Waals surface area contributed by atoms with Crippen molar-refractivity contribution in [1.82, 2.24) is 29.7 Å². The minimum absolute atomic E-state index is 0.0199. The molecule has 2 aromatic rings. The maximum absolute atomic E-state index is 12.5. The monoisotopic (exact) mass is 370 g/mol. The van der Waals surface area contributed by atoms with E-state index in [1.807, 2.05) is 29.3 Å². The number of pyridine rings is 1. The van der Waals surface area contributed by atoms with Gasteiger partial charge in [-0.05, 0) is 25.0 Å². The van der Waals surface area contributed by atoms with Crippen molar-refractivity contribution in [1.29, 1.82) is 0 Å². The maximum Gasteiger partial charge on any atom is 0.317 e. The highest BCUT2D eigenvalue weighted by atomic mass is 16.2. The van der Waals surface area contributed by atoms with Crippen LogP contribution >= 0.6 is 0 Å². The second-order valence-corrected chi connectivity index (χ2v) is 6.97. The molecule has 144 valence electrons. The average Bonchev–Trinajstić information content (AvgIpc) is 3.14. The number of urea groups is 1. The van der Waals surface area contributed by atoms with E-state index in [9.17, 15) is 9.59 Å². The summed E-state index contributed by atoms with van der Waals surface area (Å²) in [6.45, 7) is 2.02. The van der Waals surface area contributed by atoms with Crippen LogP contribution in [0.5, 0.6) is 0 Å². The molecule has 3 rings (SSSR count). The molecule has 0 unspecified atom stereocenters. The molecule has 1 saturated heterocycles. The van der Waals surface area contributed by atoms with Gasteiger partial charge >= 0.3 is 6.03 Å². The van der Waals surface area contributed by atoms with E-state index in [1.165, 1.54) is 4.90 Å². The molecule has 8 nitrogen and oxygen atoms in total. The van der Waals surface area contributed by atoms with E-state index in [-0.39, 0.29) is 24.4 Å². The van der Waals surface area contributed by atoms with Crippen molar-refractivity contribution in [2.75, 3.05) is 33.7 Å². The molecule has 27 heavy (non-hydrogen) atoms. The molecule has 3 heterocycles. The Bertz CT molecular complexity index is 774. The first kappa shape index (κ1) is 18.9. The fourth-order valence-electron chi connectivity index (χ4n) is 3.32. The lowest BCUT2D eigenvalue weighted by Gasteiger charge is -2.33. The maximum atomic E-state index is 12.5. The molecule has 2 aromatic heterocycles. The van der Waals surface area contributed by atoms with Gasteiger partial charge in [0.05, 0.1) is 18.8 Å². The second kappa shape index (κ2) is 8.66. The summed E-state index contributed by atoms with van der Waals surface area (Å²) in [6.07, 6.45) is 7.47. The van der Waals surface area contributed by atoms with Crippen LogP contribution in [0.4, 0.5) is 4.79 Å². The van der Waals surface area contributed by atoms with Gasteiger partial charge in [-0.3, -0.25) is 9.78 Å². The van der Waals surface area contributed by atoms with Crippen LogP contribution in [0.1, 0.15) is 30.3 Å². The molecule has 0 spiro atoms. The number of nitrogens with zero attached hydrogens (tertiary/aromatic N) is 5. The highest BCUT2D eigenvalue weighted by Crippen LogP contribution is 2.26. The highest BCUT2D eigenvalue weighted by Gasteiger charge is 2.27. The zero-order chi connectivity index (χ0) is 19.2. The first-order chi connectivity index (χ1) is 13.0. The summed E-state index contributed by atoms with van der Waals surface area (Å²) in [5, 5.41) is 2.64. The molecule has 0 aliphatic carbocycles. The smallest absolute Gasteiger partial charge is 0.317 e. The van der Waals surface area contributed by atoms with Gasteiger partial charge < -0.3 is 19.7 Å². The van der Waals surface area contributed by atoms with Gasteiger partial charge in [-0.15, -0.1) is 0 Å². The lowest BCUT2D eigenvalue weighted by molar-refractivity contribution is -0.131. The van der Waals surface area contributed by atoms with Gasteiger partial charge in [-0.25, -0.2) is 9.78 Å². The molecule has 0 radical (unpaired) electrons. The van der Waals surface area contributed by atoms with Gasteiger partial charge in [0.1, 0.15) is 5.82 Å². The van der Waals surface area contributed by atoms with Gasteiger partial charge in [0, 0.05) is 51.7 Å². The summed E-state index contributed by atoms with van der Waals surface area (Å²) >= 11 is 0. The van der Waals surface area contributed by atoms with Crippen LogP contribution in [0.15, 0.2) is 36.8 Å². The van der Waals surface area contributed by atoms with Gasteiger partial charge in [-0.1, -0.05) is 6.07 Å². The fraction of sp³-hybridized carbons (Fsp3) is 0.474. The lowest BCUT2D eigenvalue weighted by atomic mass is 9.97. The Kier molecular flexibility index (Phi) is 6.05. The Balaban J connectivity index is 1.62. The molecule has 3 amide bonds. The number of nitrogens with one attached hydrogen (secondary N) is 1. The van der Waals surface area contributed by atoms with E-state index in [0.29, 0.717) is 19.6 Å². The van der Waals surface area contributed by atoms with Crippen LogP contribution in [0, 0.1) is 0 Å². The number of hydrogen-bond donors (Lipinski definition) is 1. The normalized spacial score (nSPS) is 16.8. The van der Waals surface area contributed by atoms with Crippen molar-refractivity contribution in [3.8, 4) is 0 Å². The van der Waals surface area contributed by atoms with Crippen LogP contribution in [-0.4, -0.2) is 70.0 Å². The fourth-order valence-corrected chi connectivity index (χ4v) is 3.32. The van der Waals surface area contributed by atoms with Gasteiger partial charge in [0.15, 0.2) is 0 Å². The molecule has 0 aromatic carbocycles. The van der Waals surface area contributed by atoms with E-state index >= 15 is 0 Å². The standard InChI is InChI=1S/C19H26N6O2/c1-23(2)19(27)22-12-17(26)24-10-5-6-15(13-24)18-21-9-11-25(18)14-16-7-3-4-8-20-16/h3-4,7-9,11,15H,5-6,10,12-14H2,1-2H3,(H,22,27)/t15-/m1/s1. The number of likely N-dealkylation sites (tertiary alicyclic amines) is 1. The third kappa shape index (κ3) is 4.84. The van der Waals surface area contributed by atoms with Crippen molar-refractivity contribution in [3.63, 3.8) is 0 Å². The number of carbonyl (C=O) groups excluding carboxylic acids is 2. The number of piperidine rings is 1. The van der Waals surface area contributed by atoms with Crippen LogP contribution in [0.3, 0.4) is 0 Å². The van der Waals surface area contributed by atoms with Crippen LogP contribution in [0.25, 0.3) is 0 Å². The molecule has 1 atom stereocenters. The largest absolute Gasteiger partial charge is 0.340 e. The molecule has 1 aliphatic rings. The Morgan fingerprint density at radius 3 is 2.85 bits per heavy atom. The van der Waals surface area contributed by atoms with Crippen molar-refractivity contribution in [2.24, 2.45) is 0 Å². The van der Waals surface area contributed by atoms with Crippen molar-refractivity contribution < 1.29 is 9.59 Å². The van der Waals surface area contributed by atoms with E-state index in [2.05, 4.69) is 19.9 Å². The van der Waals surface area contributed by atoms with Crippen molar-refractivity contribution >= 4 is 11.9 Å². The van der Waals surface area contributed by atoms with Crippen LogP contribution in [-0.2, 0) is 11.3 Å². The second-order valence-electron chi connectivity index (χ2n) is 6.97. The summed E-state index contributed by atoms with van der Waals surface area (Å²) in [7, 11) is 3.30. The van der Waals surface area contributed by atoms with Crippen molar-refractivity contribution in [2.45, 2.75) is 25.3 Å². The Hall–Kier alpha value is -2.90. The zero-order valence-corrected chi connectivity index (χ0v) is 15.8. The van der Waals surface area contributed by atoms with E-state index in [1.54, 1.807) is 26.5 Å². The highest BCUT2D eigenvalue weighted by molar-refractivity contribution is 5.83. The minimum atomic E-state index is -0.261. The molecule has 1 aliphatic heterocycles. The predicted octanol–water partition coefficient (Wildman–Crippen LogP) is 1.30. The number of hydrogen-bond acceptors (Lipinski definition) is 4. The number of rotatable bonds is 5. The molecule has 0 saturated carbocycles. The Morgan fingerprint density at radius 2 is 2.11 bits per heavy atom. The summed E-state index contributed by atoms with van der Waals surface area (Å²) in [6, 6.07) is 5.61. The number of carbonyl (C=O) groups is 2.